The van der Waals surface area contributed by atoms with Gasteiger partial charge in [-0.2, -0.15) is 0 Å². The van der Waals surface area contributed by atoms with Crippen LogP contribution in [0.4, 0.5) is 4.39 Å². The van der Waals surface area contributed by atoms with E-state index in [9.17, 15) is 9.50 Å². The monoisotopic (exact) mass is 362 g/mol. The first-order chi connectivity index (χ1) is 8.08. The molecule has 2 aromatic rings. The molecule has 0 amide bonds. The Labute approximate surface area is 117 Å². The van der Waals surface area contributed by atoms with Crippen molar-refractivity contribution in [3.8, 4) is 0 Å². The van der Waals surface area contributed by atoms with Crippen molar-refractivity contribution < 1.29 is 9.50 Å². The average Bonchev–Trinajstić information content (AvgIpc) is 2.28. The lowest BCUT2D eigenvalue weighted by molar-refractivity contribution is 0.215. The Balaban J connectivity index is 2.40. The molecule has 0 aliphatic carbocycles. The second kappa shape index (κ2) is 5.33. The van der Waals surface area contributed by atoms with Gasteiger partial charge in [-0.05, 0) is 52.4 Å². The molecule has 0 aliphatic rings. The number of benzene rings is 2. The average molecular weight is 363 g/mol. The van der Waals surface area contributed by atoms with Crippen LogP contribution >= 0.6 is 34.2 Å². The Morgan fingerprint density at radius 2 is 1.94 bits per heavy atom. The second-order valence-corrected chi connectivity index (χ2v) is 5.31. The van der Waals surface area contributed by atoms with E-state index in [1.165, 1.54) is 12.1 Å². The van der Waals surface area contributed by atoms with Gasteiger partial charge in [0.05, 0.1) is 0 Å². The number of hydrogen-bond acceptors (Lipinski definition) is 1. The molecule has 0 aromatic heterocycles. The van der Waals surface area contributed by atoms with Crippen LogP contribution in [-0.2, 0) is 0 Å². The molecule has 0 heterocycles. The Morgan fingerprint density at radius 3 is 2.59 bits per heavy atom. The minimum absolute atomic E-state index is 0.233. The number of halogens is 3. The molecule has 1 atom stereocenters. The number of rotatable bonds is 2. The summed E-state index contributed by atoms with van der Waals surface area (Å²) < 4.78 is 14.6. The SMILES string of the molecule is OC(c1cccc(I)c1)c1ccc(Cl)cc1F. The number of aliphatic hydroxyl groups is 1. The maximum absolute atomic E-state index is 13.6. The molecule has 17 heavy (non-hydrogen) atoms. The Bertz CT molecular complexity index is 545. The molecule has 0 aliphatic heterocycles. The Kier molecular flexibility index (Phi) is 4.01. The van der Waals surface area contributed by atoms with E-state index in [2.05, 4.69) is 22.6 Å². The van der Waals surface area contributed by atoms with Gasteiger partial charge < -0.3 is 5.11 Å². The second-order valence-electron chi connectivity index (χ2n) is 3.62. The van der Waals surface area contributed by atoms with Crippen molar-refractivity contribution in [3.63, 3.8) is 0 Å². The summed E-state index contributed by atoms with van der Waals surface area (Å²) in [5.74, 6) is -0.496. The van der Waals surface area contributed by atoms with Gasteiger partial charge in [0.15, 0.2) is 0 Å². The summed E-state index contributed by atoms with van der Waals surface area (Å²) in [5.41, 5.74) is 0.898. The summed E-state index contributed by atoms with van der Waals surface area (Å²) in [6.45, 7) is 0. The molecule has 1 unspecified atom stereocenters. The van der Waals surface area contributed by atoms with Crippen molar-refractivity contribution in [2.45, 2.75) is 6.10 Å². The van der Waals surface area contributed by atoms with Crippen LogP contribution in [0, 0.1) is 9.39 Å². The van der Waals surface area contributed by atoms with E-state index in [1.807, 2.05) is 18.2 Å². The van der Waals surface area contributed by atoms with E-state index >= 15 is 0 Å². The number of hydrogen-bond donors (Lipinski definition) is 1. The van der Waals surface area contributed by atoms with Crippen molar-refractivity contribution in [3.05, 3.63) is 68.0 Å². The van der Waals surface area contributed by atoms with Crippen molar-refractivity contribution >= 4 is 34.2 Å². The van der Waals surface area contributed by atoms with Crippen molar-refractivity contribution in [1.29, 1.82) is 0 Å². The van der Waals surface area contributed by atoms with Gasteiger partial charge in [0.25, 0.3) is 0 Å². The van der Waals surface area contributed by atoms with E-state index in [-0.39, 0.29) is 5.56 Å². The van der Waals surface area contributed by atoms with Crippen LogP contribution in [0.25, 0.3) is 0 Å². The molecule has 0 bridgehead atoms. The predicted molar refractivity (Wildman–Crippen MR) is 74.6 cm³/mol. The van der Waals surface area contributed by atoms with Gasteiger partial charge in [0.2, 0.25) is 0 Å². The van der Waals surface area contributed by atoms with Gasteiger partial charge in [0.1, 0.15) is 11.9 Å². The summed E-state index contributed by atoms with van der Waals surface area (Å²) in [5, 5.41) is 10.4. The first-order valence-electron chi connectivity index (χ1n) is 4.96. The topological polar surface area (TPSA) is 20.2 Å². The molecule has 0 spiro atoms. The fraction of sp³-hybridized carbons (Fsp3) is 0.0769. The maximum atomic E-state index is 13.6. The summed E-state index contributed by atoms with van der Waals surface area (Å²) in [7, 11) is 0. The molecule has 0 saturated heterocycles. The van der Waals surface area contributed by atoms with E-state index < -0.39 is 11.9 Å². The van der Waals surface area contributed by atoms with Crippen LogP contribution in [0.5, 0.6) is 0 Å². The highest BCUT2D eigenvalue weighted by atomic mass is 127. The summed E-state index contributed by atoms with van der Waals surface area (Å²) >= 11 is 7.82. The van der Waals surface area contributed by atoms with Crippen molar-refractivity contribution in [2.24, 2.45) is 0 Å². The van der Waals surface area contributed by atoms with Crippen molar-refractivity contribution in [2.75, 3.05) is 0 Å². The van der Waals surface area contributed by atoms with Crippen LogP contribution < -0.4 is 0 Å². The van der Waals surface area contributed by atoms with Gasteiger partial charge in [-0.1, -0.05) is 29.8 Å². The zero-order valence-electron chi connectivity index (χ0n) is 8.70. The molecule has 1 nitrogen and oxygen atoms in total. The van der Waals surface area contributed by atoms with Gasteiger partial charge >= 0.3 is 0 Å². The van der Waals surface area contributed by atoms with Crippen molar-refractivity contribution in [1.82, 2.24) is 0 Å². The molecule has 2 aromatic carbocycles. The molecule has 0 fully saturated rings. The van der Waals surface area contributed by atoms with E-state index in [1.54, 1.807) is 12.1 Å². The minimum Gasteiger partial charge on any atom is -0.384 e. The smallest absolute Gasteiger partial charge is 0.130 e. The predicted octanol–water partition coefficient (Wildman–Crippen LogP) is 4.17. The molecular weight excluding hydrogens is 353 g/mol. The van der Waals surface area contributed by atoms with Gasteiger partial charge in [0, 0.05) is 14.2 Å². The van der Waals surface area contributed by atoms with E-state index in [0.717, 1.165) is 3.57 Å². The third-order valence-corrected chi connectivity index (χ3v) is 3.33. The lowest BCUT2D eigenvalue weighted by Crippen LogP contribution is -2.02. The quantitative estimate of drug-likeness (QED) is 0.795. The molecule has 0 saturated carbocycles. The summed E-state index contributed by atoms with van der Waals surface area (Å²) in [4.78, 5) is 0. The van der Waals surface area contributed by atoms with Gasteiger partial charge in [-0.3, -0.25) is 0 Å². The molecule has 0 radical (unpaired) electrons. The lowest BCUT2D eigenvalue weighted by Gasteiger charge is -2.12. The molecule has 1 N–H and O–H groups in total. The normalized spacial score (nSPS) is 12.5. The highest BCUT2D eigenvalue weighted by Gasteiger charge is 2.15. The minimum atomic E-state index is -0.970. The fourth-order valence-electron chi connectivity index (χ4n) is 1.58. The van der Waals surface area contributed by atoms with Crippen LogP contribution in [0.3, 0.4) is 0 Å². The molecule has 4 heteroatoms. The third kappa shape index (κ3) is 2.97. The highest BCUT2D eigenvalue weighted by molar-refractivity contribution is 14.1. The van der Waals surface area contributed by atoms with Gasteiger partial charge in [-0.15, -0.1) is 0 Å². The van der Waals surface area contributed by atoms with Gasteiger partial charge in [-0.25, -0.2) is 4.39 Å². The summed E-state index contributed by atoms with van der Waals surface area (Å²) in [6.07, 6.45) is -0.970. The maximum Gasteiger partial charge on any atom is 0.130 e. The third-order valence-electron chi connectivity index (χ3n) is 2.42. The van der Waals surface area contributed by atoms with Crippen LogP contribution in [-0.4, -0.2) is 5.11 Å². The van der Waals surface area contributed by atoms with Crippen LogP contribution in [0.2, 0.25) is 5.02 Å². The fourth-order valence-corrected chi connectivity index (χ4v) is 2.31. The molecular formula is C13H9ClFIO. The van der Waals surface area contributed by atoms with E-state index in [0.29, 0.717) is 10.6 Å². The first-order valence-corrected chi connectivity index (χ1v) is 6.42. The van der Waals surface area contributed by atoms with Crippen LogP contribution in [0.1, 0.15) is 17.2 Å². The molecule has 2 rings (SSSR count). The zero-order chi connectivity index (χ0) is 12.4. The summed E-state index contributed by atoms with van der Waals surface area (Å²) in [6, 6.07) is 11.6. The largest absolute Gasteiger partial charge is 0.384 e. The van der Waals surface area contributed by atoms with Crippen LogP contribution in [0.15, 0.2) is 42.5 Å². The Hall–Kier alpha value is -0.650. The van der Waals surface area contributed by atoms with E-state index in [4.69, 9.17) is 11.6 Å². The molecule has 88 valence electrons. The lowest BCUT2D eigenvalue weighted by atomic mass is 10.0. The highest BCUT2D eigenvalue weighted by Crippen LogP contribution is 2.26. The first kappa shape index (κ1) is 12.8. The Morgan fingerprint density at radius 1 is 1.18 bits per heavy atom. The zero-order valence-corrected chi connectivity index (χ0v) is 11.6. The number of aliphatic hydroxyl groups excluding tert-OH is 1. The standard InChI is InChI=1S/C13H9ClFIO/c14-9-4-5-11(12(15)7-9)13(17)8-2-1-3-10(16)6-8/h1-7,13,17H.